The summed E-state index contributed by atoms with van der Waals surface area (Å²) in [4.78, 5) is 0.118. The fourth-order valence-electron chi connectivity index (χ4n) is 1.22. The smallest absolute Gasteiger partial charge is 0.207 e. The molecular weight excluding hydrogens is 332 g/mol. The van der Waals surface area contributed by atoms with E-state index in [9.17, 15) is 12.8 Å². The topological polar surface area (TPSA) is 46.5 Å². The zero-order valence-electron chi connectivity index (χ0n) is 7.31. The minimum atomic E-state index is -3.58. The Morgan fingerprint density at radius 3 is 2.27 bits per heavy atom. The number of nitrogens with zero attached hydrogens (tertiary/aromatic N) is 1. The van der Waals surface area contributed by atoms with Crippen molar-refractivity contribution in [3.63, 3.8) is 0 Å². The van der Waals surface area contributed by atoms with Crippen LogP contribution in [0.5, 0.6) is 0 Å². The minimum Gasteiger partial charge on any atom is -0.207 e. The van der Waals surface area contributed by atoms with Crippen LogP contribution in [-0.2, 0) is 10.0 Å². The van der Waals surface area contributed by atoms with Gasteiger partial charge >= 0.3 is 0 Å². The molecule has 2 rings (SSSR count). The third-order valence-electron chi connectivity index (χ3n) is 1.86. The van der Waals surface area contributed by atoms with E-state index in [2.05, 4.69) is 4.40 Å². The van der Waals surface area contributed by atoms with E-state index in [4.69, 9.17) is 0 Å². The van der Waals surface area contributed by atoms with Crippen LogP contribution in [-0.4, -0.2) is 12.1 Å². The second kappa shape index (κ2) is 3.67. The van der Waals surface area contributed by atoms with Gasteiger partial charge in [0.25, 0.3) is 10.0 Å². The quantitative estimate of drug-likeness (QED) is 0.739. The molecule has 1 aliphatic heterocycles. The third kappa shape index (κ3) is 2.10. The number of allylic oxidation sites excluding steroid dienone is 1. The average Bonchev–Trinajstić information content (AvgIpc) is 2.41. The van der Waals surface area contributed by atoms with Crippen LogP contribution >= 0.6 is 22.6 Å². The molecule has 1 aromatic carbocycles. The standard InChI is InChI=1S/C9H5FINO2S/c10-7-3-1-6(2-4-7)8-5-9(11)12-15(8,13)14/h1-5H. The van der Waals surface area contributed by atoms with Gasteiger partial charge in [-0.25, -0.2) is 4.39 Å². The van der Waals surface area contributed by atoms with Gasteiger partial charge in [-0.2, -0.15) is 12.8 Å². The summed E-state index contributed by atoms with van der Waals surface area (Å²) in [5.41, 5.74) is 0.451. The van der Waals surface area contributed by atoms with Gasteiger partial charge in [-0.1, -0.05) is 12.1 Å². The lowest BCUT2D eigenvalue weighted by Gasteiger charge is -2.00. The van der Waals surface area contributed by atoms with Crippen molar-refractivity contribution in [2.45, 2.75) is 0 Å². The Bertz CT molecular complexity index is 560. The first-order valence-corrected chi connectivity index (χ1v) is 6.49. The van der Waals surface area contributed by atoms with Crippen LogP contribution in [0, 0.1) is 5.82 Å². The van der Waals surface area contributed by atoms with Crippen LogP contribution in [0.4, 0.5) is 4.39 Å². The van der Waals surface area contributed by atoms with Gasteiger partial charge in [-0.3, -0.25) is 0 Å². The summed E-state index contributed by atoms with van der Waals surface area (Å²) in [6.45, 7) is 0. The van der Waals surface area contributed by atoms with Gasteiger partial charge in [0.1, 0.15) is 9.54 Å². The molecule has 0 saturated heterocycles. The minimum absolute atomic E-state index is 0.118. The summed E-state index contributed by atoms with van der Waals surface area (Å²) < 4.78 is 39.5. The largest absolute Gasteiger partial charge is 0.283 e. The lowest BCUT2D eigenvalue weighted by Crippen LogP contribution is -1.95. The van der Waals surface area contributed by atoms with Gasteiger partial charge in [-0.15, -0.1) is 0 Å². The van der Waals surface area contributed by atoms with Crippen molar-refractivity contribution in [1.29, 1.82) is 0 Å². The molecule has 0 spiro atoms. The van der Waals surface area contributed by atoms with Crippen LogP contribution in [0.1, 0.15) is 5.56 Å². The average molecular weight is 337 g/mol. The molecule has 0 unspecified atom stereocenters. The van der Waals surface area contributed by atoms with E-state index in [-0.39, 0.29) is 4.91 Å². The highest BCUT2D eigenvalue weighted by molar-refractivity contribution is 14.1. The lowest BCUT2D eigenvalue weighted by molar-refractivity contribution is 0.608. The zero-order valence-corrected chi connectivity index (χ0v) is 10.3. The molecule has 0 radical (unpaired) electrons. The van der Waals surface area contributed by atoms with Crippen molar-refractivity contribution >= 4 is 41.2 Å². The molecule has 15 heavy (non-hydrogen) atoms. The highest BCUT2D eigenvalue weighted by Gasteiger charge is 2.24. The Labute approximate surface area is 99.9 Å². The molecular formula is C9H5FINO2S. The number of halogens is 2. The van der Waals surface area contributed by atoms with E-state index >= 15 is 0 Å². The zero-order chi connectivity index (χ0) is 11.1. The Morgan fingerprint density at radius 2 is 1.80 bits per heavy atom. The SMILES string of the molecule is O=S1(=O)N=C(I)C=C1c1ccc(F)cc1. The molecule has 1 aromatic rings. The first kappa shape index (κ1) is 10.7. The Kier molecular flexibility index (Phi) is 2.63. The molecule has 0 aliphatic carbocycles. The van der Waals surface area contributed by atoms with E-state index in [1.807, 2.05) is 22.6 Å². The highest BCUT2D eigenvalue weighted by atomic mass is 127. The monoisotopic (exact) mass is 337 g/mol. The van der Waals surface area contributed by atoms with Crippen molar-refractivity contribution in [2.24, 2.45) is 4.40 Å². The van der Waals surface area contributed by atoms with Crippen LogP contribution in [0.15, 0.2) is 34.7 Å². The second-order valence-corrected chi connectivity index (χ2v) is 5.58. The Hall–Kier alpha value is -0.760. The van der Waals surface area contributed by atoms with Gasteiger partial charge in [0, 0.05) is 0 Å². The number of sulfonamides is 1. The predicted octanol–water partition coefficient (Wildman–Crippen LogP) is 2.34. The van der Waals surface area contributed by atoms with E-state index in [0.717, 1.165) is 0 Å². The molecule has 6 heteroatoms. The maximum atomic E-state index is 12.6. The van der Waals surface area contributed by atoms with E-state index in [1.54, 1.807) is 0 Å². The molecule has 0 amide bonds. The maximum Gasteiger partial charge on any atom is 0.283 e. The molecule has 1 aliphatic rings. The summed E-state index contributed by atoms with van der Waals surface area (Å²) >= 11 is 1.83. The summed E-state index contributed by atoms with van der Waals surface area (Å²) in [7, 11) is -3.58. The van der Waals surface area contributed by atoms with Crippen molar-refractivity contribution in [3.05, 3.63) is 41.7 Å². The molecule has 0 N–H and O–H groups in total. The Balaban J connectivity index is 2.52. The molecule has 78 valence electrons. The third-order valence-corrected chi connectivity index (χ3v) is 4.09. The highest BCUT2D eigenvalue weighted by Crippen LogP contribution is 2.28. The first-order valence-electron chi connectivity index (χ1n) is 3.97. The van der Waals surface area contributed by atoms with Gasteiger partial charge in [-0.05, 0) is 46.4 Å². The normalized spacial score (nSPS) is 18.5. The molecule has 0 saturated carbocycles. The van der Waals surface area contributed by atoms with Gasteiger partial charge in [0.2, 0.25) is 0 Å². The van der Waals surface area contributed by atoms with Crippen molar-refractivity contribution in [2.75, 3.05) is 0 Å². The van der Waals surface area contributed by atoms with Gasteiger partial charge in [0.05, 0.1) is 4.91 Å². The van der Waals surface area contributed by atoms with Crippen LogP contribution < -0.4 is 0 Å². The molecule has 3 nitrogen and oxygen atoms in total. The molecule has 0 aromatic heterocycles. The van der Waals surface area contributed by atoms with Gasteiger partial charge in [0.15, 0.2) is 0 Å². The fourth-order valence-corrected chi connectivity index (χ4v) is 3.60. The maximum absolute atomic E-state index is 12.6. The summed E-state index contributed by atoms with van der Waals surface area (Å²) in [5, 5.41) is 0. The van der Waals surface area contributed by atoms with Crippen molar-refractivity contribution < 1.29 is 12.8 Å². The first-order chi connectivity index (χ1) is 6.99. The van der Waals surface area contributed by atoms with Gasteiger partial charge < -0.3 is 0 Å². The summed E-state index contributed by atoms with van der Waals surface area (Å²) in [5.74, 6) is -0.398. The van der Waals surface area contributed by atoms with Crippen molar-refractivity contribution in [3.8, 4) is 0 Å². The molecule has 0 bridgehead atoms. The molecule has 0 fully saturated rings. The summed E-state index contributed by atoms with van der Waals surface area (Å²) in [6.07, 6.45) is 1.46. The molecule has 0 atom stereocenters. The number of hydrogen-bond donors (Lipinski definition) is 0. The summed E-state index contributed by atoms with van der Waals surface area (Å²) in [6, 6.07) is 5.28. The predicted molar refractivity (Wildman–Crippen MR) is 64.8 cm³/mol. The number of hydrogen-bond acceptors (Lipinski definition) is 2. The van der Waals surface area contributed by atoms with Crippen LogP contribution in [0.25, 0.3) is 4.91 Å². The fraction of sp³-hybridized carbons (Fsp3) is 0. The second-order valence-electron chi connectivity index (χ2n) is 2.90. The van der Waals surface area contributed by atoms with Crippen LogP contribution in [0.2, 0.25) is 0 Å². The van der Waals surface area contributed by atoms with Crippen molar-refractivity contribution in [1.82, 2.24) is 0 Å². The molecule has 1 heterocycles. The number of benzene rings is 1. The van der Waals surface area contributed by atoms with E-state index in [1.165, 1.54) is 30.3 Å². The number of rotatable bonds is 1. The van der Waals surface area contributed by atoms with E-state index < -0.39 is 15.8 Å². The van der Waals surface area contributed by atoms with Crippen LogP contribution in [0.3, 0.4) is 0 Å². The lowest BCUT2D eigenvalue weighted by atomic mass is 10.2. The Morgan fingerprint density at radius 1 is 1.20 bits per heavy atom. The van der Waals surface area contributed by atoms with E-state index in [0.29, 0.717) is 9.28 Å².